The van der Waals surface area contributed by atoms with Gasteiger partial charge in [-0.2, -0.15) is 0 Å². The Hall–Kier alpha value is -12.5. The molecule has 0 aliphatic carbocycles. The number of hydrogen-bond acceptors (Lipinski definition) is 3. The molecule has 0 radical (unpaired) electrons. The summed E-state index contributed by atoms with van der Waals surface area (Å²) in [6, 6.07) is 111. The average molecular weight is 1230 g/mol. The van der Waals surface area contributed by atoms with Crippen LogP contribution in [0.15, 0.2) is 303 Å². The van der Waals surface area contributed by atoms with E-state index in [9.17, 15) is 0 Å². The zero-order valence-corrected chi connectivity index (χ0v) is 53.0. The van der Waals surface area contributed by atoms with E-state index in [1.54, 1.807) is 0 Å². The molecule has 20 aromatic rings. The van der Waals surface area contributed by atoms with Crippen LogP contribution in [0, 0.1) is 0 Å². The molecule has 0 saturated heterocycles. The van der Waals surface area contributed by atoms with Gasteiger partial charge in [0.1, 0.15) is 0 Å². The Labute approximate surface area is 552 Å². The molecule has 0 fully saturated rings. The number of nitrogens with zero attached hydrogens (tertiary/aromatic N) is 7. The lowest BCUT2D eigenvalue weighted by Gasteiger charge is -2.24. The predicted molar refractivity (Wildman–Crippen MR) is 401 cm³/mol. The van der Waals surface area contributed by atoms with Crippen molar-refractivity contribution < 1.29 is 0 Å². The molecule has 0 atom stereocenters. The molecular formula is C89H59N7. The summed E-state index contributed by atoms with van der Waals surface area (Å²) >= 11 is 0. The molecule has 5 heterocycles. The Morgan fingerprint density at radius 1 is 0.250 bits per heavy atom. The van der Waals surface area contributed by atoms with E-state index < -0.39 is 0 Å². The fourth-order valence-corrected chi connectivity index (χ4v) is 16.0. The summed E-state index contributed by atoms with van der Waals surface area (Å²) in [5, 5.41) is 16.7. The molecule has 0 N–H and O–H groups in total. The van der Waals surface area contributed by atoms with Crippen LogP contribution in [-0.4, -0.2) is 33.2 Å². The molecule has 20 rings (SSSR count). The maximum atomic E-state index is 5.60. The van der Waals surface area contributed by atoms with Gasteiger partial charge in [-0.25, -0.2) is 15.0 Å². The average Bonchev–Trinajstić information content (AvgIpc) is 1.50. The number of rotatable bonds is 8. The van der Waals surface area contributed by atoms with Gasteiger partial charge in [0.2, 0.25) is 0 Å². The summed E-state index contributed by atoms with van der Waals surface area (Å²) in [4.78, 5) is 16.5. The summed E-state index contributed by atoms with van der Waals surface area (Å²) in [7, 11) is 0. The summed E-state index contributed by atoms with van der Waals surface area (Å²) in [6.45, 7) is 6.93. The third-order valence-corrected chi connectivity index (χ3v) is 20.2. The summed E-state index contributed by atoms with van der Waals surface area (Å²) in [5.74, 6) is 1.74. The van der Waals surface area contributed by atoms with Crippen LogP contribution in [0.2, 0.25) is 0 Å². The van der Waals surface area contributed by atoms with Gasteiger partial charge in [-0.3, -0.25) is 0 Å². The van der Waals surface area contributed by atoms with Crippen LogP contribution < -0.4 is 0 Å². The standard InChI is InChI=1S/C89H59N7/c1-89(2,3)62-50-58-46-44-56-48-60(49-57-45-47-59(51-62)78(58)77(56)57)79-75(95-70-39-21-16-34-65(70)66-35-17-22-40-71(66)95)52-61(88-91-86(54-26-8-4-9-27-54)90-87(92-88)55-28-10-5-11-29-55)53-76(79)96-74-43-25-20-38-69(74)82-84-80(67-36-18-23-41-72(67)93(84)63-30-12-6-13-31-63)83-81(85(82)96)68-37-19-24-42-73(68)94(83)64-32-14-7-15-33-64/h4-53H,1-3H3. The first-order valence-electron chi connectivity index (χ1n) is 33.1. The quantitative estimate of drug-likeness (QED) is 0.142. The highest BCUT2D eigenvalue weighted by atomic mass is 15.1. The van der Waals surface area contributed by atoms with Crippen molar-refractivity contribution in [2.24, 2.45) is 0 Å². The van der Waals surface area contributed by atoms with Gasteiger partial charge in [-0.15, -0.1) is 0 Å². The van der Waals surface area contributed by atoms with E-state index in [1.165, 1.54) is 48.7 Å². The zero-order valence-electron chi connectivity index (χ0n) is 53.0. The highest BCUT2D eigenvalue weighted by Crippen LogP contribution is 2.53. The van der Waals surface area contributed by atoms with Gasteiger partial charge in [0.05, 0.1) is 55.5 Å². The van der Waals surface area contributed by atoms with Gasteiger partial charge in [0.25, 0.3) is 0 Å². The van der Waals surface area contributed by atoms with E-state index >= 15 is 0 Å². The highest BCUT2D eigenvalue weighted by molar-refractivity contribution is 6.40. The largest absolute Gasteiger partial charge is 0.309 e. The highest BCUT2D eigenvalue weighted by Gasteiger charge is 2.32. The number of hydrogen-bond donors (Lipinski definition) is 0. The second-order valence-corrected chi connectivity index (χ2v) is 26.7. The SMILES string of the molecule is CC(C)(C)c1cc2ccc3cc(-c4c(-n5c6ccccc6c6ccccc65)cc(-c5nc(-c6ccccc6)nc(-c6ccccc6)n5)cc4-n4c5ccccc5c5c6c(c7ccccc7n6-c6ccccc6)c6c(c7ccccc7n6-c6ccccc6)c54)cc4ccc(c1)c2c34. The fraction of sp³-hybridized carbons (Fsp3) is 0.0449. The number of fused-ring (bicyclic) bond motifs is 15. The molecule has 0 amide bonds. The van der Waals surface area contributed by atoms with Crippen LogP contribution in [0.3, 0.4) is 0 Å². The van der Waals surface area contributed by atoms with E-state index in [1.807, 2.05) is 12.1 Å². The van der Waals surface area contributed by atoms with Crippen molar-refractivity contribution in [1.82, 2.24) is 33.2 Å². The molecule has 0 aliphatic heterocycles. The van der Waals surface area contributed by atoms with Gasteiger partial charge >= 0.3 is 0 Å². The van der Waals surface area contributed by atoms with Crippen LogP contribution in [-0.2, 0) is 5.41 Å². The Kier molecular flexibility index (Phi) is 11.6. The van der Waals surface area contributed by atoms with E-state index in [2.05, 4.69) is 330 Å². The summed E-state index contributed by atoms with van der Waals surface area (Å²) < 4.78 is 10.2. The van der Waals surface area contributed by atoms with Gasteiger partial charge in [0.15, 0.2) is 17.5 Å². The normalized spacial score (nSPS) is 12.3. The minimum atomic E-state index is -0.0182. The Balaban J connectivity index is 1.04. The van der Waals surface area contributed by atoms with E-state index in [0.717, 1.165) is 127 Å². The van der Waals surface area contributed by atoms with E-state index in [4.69, 9.17) is 15.0 Å². The molecule has 0 aliphatic rings. The van der Waals surface area contributed by atoms with Crippen molar-refractivity contribution in [2.45, 2.75) is 26.2 Å². The van der Waals surface area contributed by atoms with Crippen molar-refractivity contribution in [3.63, 3.8) is 0 Å². The minimum absolute atomic E-state index is 0.0182. The third-order valence-electron chi connectivity index (χ3n) is 20.2. The van der Waals surface area contributed by atoms with Crippen molar-refractivity contribution >= 4 is 120 Å². The van der Waals surface area contributed by atoms with Crippen LogP contribution >= 0.6 is 0 Å². The molecule has 7 nitrogen and oxygen atoms in total. The monoisotopic (exact) mass is 1230 g/mol. The lowest BCUT2D eigenvalue weighted by Crippen LogP contribution is -2.10. The molecule has 5 aromatic heterocycles. The molecule has 0 bridgehead atoms. The Morgan fingerprint density at radius 3 is 0.969 bits per heavy atom. The van der Waals surface area contributed by atoms with Crippen molar-refractivity contribution in [1.29, 1.82) is 0 Å². The molecule has 450 valence electrons. The van der Waals surface area contributed by atoms with Crippen LogP contribution in [0.4, 0.5) is 0 Å². The summed E-state index contributed by atoms with van der Waals surface area (Å²) in [6.07, 6.45) is 0. The Morgan fingerprint density at radius 2 is 0.562 bits per heavy atom. The predicted octanol–water partition coefficient (Wildman–Crippen LogP) is 23.1. The maximum Gasteiger partial charge on any atom is 0.164 e. The van der Waals surface area contributed by atoms with Crippen molar-refractivity contribution in [3.8, 4) is 68.0 Å². The van der Waals surface area contributed by atoms with Gasteiger partial charge in [-0.05, 0) is 128 Å². The van der Waals surface area contributed by atoms with Crippen molar-refractivity contribution in [2.75, 3.05) is 0 Å². The number of aromatic nitrogens is 7. The first-order chi connectivity index (χ1) is 47.3. The molecule has 0 saturated carbocycles. The zero-order chi connectivity index (χ0) is 63.5. The second-order valence-electron chi connectivity index (χ2n) is 26.7. The third kappa shape index (κ3) is 7.92. The fourth-order valence-electron chi connectivity index (χ4n) is 16.0. The lowest BCUT2D eigenvalue weighted by atomic mass is 9.83. The van der Waals surface area contributed by atoms with Crippen LogP contribution in [0.1, 0.15) is 26.3 Å². The smallest absolute Gasteiger partial charge is 0.164 e. The number of para-hydroxylation sites is 7. The summed E-state index contributed by atoms with van der Waals surface area (Å²) in [5.41, 5.74) is 19.1. The van der Waals surface area contributed by atoms with Crippen LogP contribution in [0.25, 0.3) is 188 Å². The topological polar surface area (TPSA) is 58.4 Å². The van der Waals surface area contributed by atoms with E-state index in [0.29, 0.717) is 17.5 Å². The second kappa shape index (κ2) is 20.5. The first-order valence-corrected chi connectivity index (χ1v) is 33.1. The molecule has 0 spiro atoms. The van der Waals surface area contributed by atoms with Gasteiger partial charge in [0, 0.05) is 76.7 Å². The van der Waals surface area contributed by atoms with Crippen molar-refractivity contribution in [3.05, 3.63) is 309 Å². The number of benzene rings is 15. The van der Waals surface area contributed by atoms with Gasteiger partial charge < -0.3 is 18.3 Å². The molecule has 0 unspecified atom stereocenters. The lowest BCUT2D eigenvalue weighted by molar-refractivity contribution is 0.591. The first kappa shape index (κ1) is 54.1. The molecule has 7 heteroatoms. The molecular weight excluding hydrogens is 1170 g/mol. The van der Waals surface area contributed by atoms with Crippen LogP contribution in [0.5, 0.6) is 0 Å². The van der Waals surface area contributed by atoms with E-state index in [-0.39, 0.29) is 5.41 Å². The maximum absolute atomic E-state index is 5.60. The minimum Gasteiger partial charge on any atom is -0.309 e. The van der Waals surface area contributed by atoms with Gasteiger partial charge in [-0.1, -0.05) is 245 Å². The molecule has 96 heavy (non-hydrogen) atoms. The molecule has 15 aromatic carbocycles. The Bertz CT molecular complexity index is 6340.